The topological polar surface area (TPSA) is 51.5 Å². The second-order valence-corrected chi connectivity index (χ2v) is 6.12. The van der Waals surface area contributed by atoms with Gasteiger partial charge in [-0.05, 0) is 50.3 Å². The Bertz CT molecular complexity index is 447. The molecule has 1 heterocycles. The molecule has 0 amide bonds. The molecule has 0 aliphatic heterocycles. The van der Waals surface area contributed by atoms with Crippen molar-refractivity contribution >= 4 is 5.97 Å². The molecule has 1 atom stereocenters. The molecular formula is C17H27NO3. The average molecular weight is 293 g/mol. The van der Waals surface area contributed by atoms with E-state index in [1.54, 1.807) is 6.07 Å². The van der Waals surface area contributed by atoms with Crippen molar-refractivity contribution in [2.45, 2.75) is 52.0 Å². The molecule has 0 saturated heterocycles. The first-order chi connectivity index (χ1) is 10.1. The largest absolute Gasteiger partial charge is 0.463 e. The molecule has 4 nitrogen and oxygen atoms in total. The first-order valence-corrected chi connectivity index (χ1v) is 8.05. The highest BCUT2D eigenvalue weighted by atomic mass is 16.5. The monoisotopic (exact) mass is 293 g/mol. The first kappa shape index (κ1) is 16.1. The van der Waals surface area contributed by atoms with E-state index in [4.69, 9.17) is 4.42 Å². The molecule has 1 aromatic heterocycles. The lowest BCUT2D eigenvalue weighted by molar-refractivity contribution is 0.0562. The van der Waals surface area contributed by atoms with Crippen molar-refractivity contribution in [1.29, 1.82) is 0 Å². The molecule has 0 spiro atoms. The Hall–Kier alpha value is -1.29. The third-order valence-corrected chi connectivity index (χ3v) is 4.70. The highest BCUT2D eigenvalue weighted by Crippen LogP contribution is 2.30. The Labute approximate surface area is 127 Å². The number of methoxy groups -OCH3 is 1. The van der Waals surface area contributed by atoms with Gasteiger partial charge in [-0.15, -0.1) is 0 Å². The lowest BCUT2D eigenvalue weighted by atomic mass is 9.81. The van der Waals surface area contributed by atoms with Gasteiger partial charge in [0.1, 0.15) is 5.76 Å². The third kappa shape index (κ3) is 4.34. The lowest BCUT2D eigenvalue weighted by Gasteiger charge is -2.28. The molecule has 1 aromatic rings. The van der Waals surface area contributed by atoms with Crippen molar-refractivity contribution in [2.24, 2.45) is 11.8 Å². The van der Waals surface area contributed by atoms with Gasteiger partial charge in [0.15, 0.2) is 0 Å². The molecule has 1 aliphatic rings. The Kier molecular flexibility index (Phi) is 5.85. The number of carbonyl (C=O) groups excluding carboxylic acids is 1. The molecule has 0 bridgehead atoms. The summed E-state index contributed by atoms with van der Waals surface area (Å²) in [4.78, 5) is 11.4. The van der Waals surface area contributed by atoms with Gasteiger partial charge in [0.2, 0.25) is 5.76 Å². The van der Waals surface area contributed by atoms with Gasteiger partial charge < -0.3 is 14.5 Å². The van der Waals surface area contributed by atoms with Crippen LogP contribution in [0.2, 0.25) is 0 Å². The van der Waals surface area contributed by atoms with Gasteiger partial charge in [0.05, 0.1) is 13.2 Å². The van der Waals surface area contributed by atoms with Crippen LogP contribution in [0.15, 0.2) is 16.5 Å². The second kappa shape index (κ2) is 7.64. The van der Waals surface area contributed by atoms with Gasteiger partial charge in [-0.1, -0.05) is 26.2 Å². The highest BCUT2D eigenvalue weighted by Gasteiger charge is 2.21. The van der Waals surface area contributed by atoms with Crippen LogP contribution >= 0.6 is 0 Å². The summed E-state index contributed by atoms with van der Waals surface area (Å²) in [6, 6.07) is 3.64. The van der Waals surface area contributed by atoms with Gasteiger partial charge in [-0.25, -0.2) is 4.79 Å². The van der Waals surface area contributed by atoms with Crippen LogP contribution in [-0.4, -0.2) is 19.6 Å². The van der Waals surface area contributed by atoms with Crippen LogP contribution in [0.4, 0.5) is 0 Å². The number of nitrogens with one attached hydrogen (secondary N) is 1. The summed E-state index contributed by atoms with van der Waals surface area (Å²) in [5.41, 5.74) is 0. The maximum Gasteiger partial charge on any atom is 0.373 e. The van der Waals surface area contributed by atoms with Crippen molar-refractivity contribution < 1.29 is 13.9 Å². The molecule has 1 saturated carbocycles. The molecule has 1 N–H and O–H groups in total. The zero-order valence-corrected chi connectivity index (χ0v) is 13.4. The highest BCUT2D eigenvalue weighted by molar-refractivity contribution is 5.86. The van der Waals surface area contributed by atoms with E-state index < -0.39 is 5.97 Å². The van der Waals surface area contributed by atoms with Crippen LogP contribution < -0.4 is 5.32 Å². The quantitative estimate of drug-likeness (QED) is 0.807. The molecular weight excluding hydrogens is 266 g/mol. The van der Waals surface area contributed by atoms with E-state index in [0.717, 1.165) is 24.1 Å². The van der Waals surface area contributed by atoms with E-state index in [1.807, 2.05) is 6.07 Å². The third-order valence-electron chi connectivity index (χ3n) is 4.70. The van der Waals surface area contributed by atoms with Crippen LogP contribution in [0.1, 0.15) is 68.3 Å². The Morgan fingerprint density at radius 3 is 2.62 bits per heavy atom. The molecule has 21 heavy (non-hydrogen) atoms. The minimum Gasteiger partial charge on any atom is -0.463 e. The van der Waals surface area contributed by atoms with Crippen molar-refractivity contribution in [3.8, 4) is 0 Å². The number of carbonyl (C=O) groups is 1. The Morgan fingerprint density at radius 2 is 2.00 bits per heavy atom. The minimum absolute atomic E-state index is 0.118. The van der Waals surface area contributed by atoms with E-state index in [1.165, 1.54) is 39.2 Å². The van der Waals surface area contributed by atoms with Gasteiger partial charge in [-0.3, -0.25) is 0 Å². The number of ether oxygens (including phenoxy) is 1. The second-order valence-electron chi connectivity index (χ2n) is 6.12. The maximum atomic E-state index is 11.4. The molecule has 0 aromatic carbocycles. The zero-order valence-electron chi connectivity index (χ0n) is 13.4. The van der Waals surface area contributed by atoms with Gasteiger partial charge in [0.25, 0.3) is 0 Å². The molecule has 1 aliphatic carbocycles. The predicted molar refractivity (Wildman–Crippen MR) is 82.2 cm³/mol. The molecule has 118 valence electrons. The summed E-state index contributed by atoms with van der Waals surface area (Å²) >= 11 is 0. The average Bonchev–Trinajstić information content (AvgIpc) is 3.02. The molecule has 4 heteroatoms. The molecule has 1 fully saturated rings. The molecule has 0 radical (unpaired) electrons. The van der Waals surface area contributed by atoms with E-state index in [-0.39, 0.29) is 11.8 Å². The number of rotatable bonds is 6. The van der Waals surface area contributed by atoms with E-state index in [0.29, 0.717) is 0 Å². The summed E-state index contributed by atoms with van der Waals surface area (Å²) in [5, 5.41) is 3.53. The number of hydrogen-bond donors (Lipinski definition) is 1. The van der Waals surface area contributed by atoms with Crippen LogP contribution in [0.5, 0.6) is 0 Å². The van der Waals surface area contributed by atoms with Crippen LogP contribution in [0, 0.1) is 11.8 Å². The fraction of sp³-hybridized carbons (Fsp3) is 0.706. The zero-order chi connectivity index (χ0) is 15.2. The summed E-state index contributed by atoms with van der Waals surface area (Å²) in [7, 11) is 1.36. The minimum atomic E-state index is -0.425. The number of hydrogen-bond acceptors (Lipinski definition) is 4. The van der Waals surface area contributed by atoms with E-state index >= 15 is 0 Å². The van der Waals surface area contributed by atoms with Crippen molar-refractivity contribution in [1.82, 2.24) is 5.32 Å². The van der Waals surface area contributed by atoms with E-state index in [2.05, 4.69) is 23.9 Å². The standard InChI is InChI=1S/C17H27NO3/c1-4-13-5-7-14(8-6-13)11-18-12(2)15-9-10-16(21-15)17(19)20-3/h9-10,12-14,18H,4-8,11H2,1-3H3. The Balaban J connectivity index is 1.78. The fourth-order valence-corrected chi connectivity index (χ4v) is 3.08. The smallest absolute Gasteiger partial charge is 0.373 e. The predicted octanol–water partition coefficient (Wildman–Crippen LogP) is 3.93. The fourth-order valence-electron chi connectivity index (χ4n) is 3.08. The summed E-state index contributed by atoms with van der Waals surface area (Å²) in [6.07, 6.45) is 6.70. The van der Waals surface area contributed by atoms with Gasteiger partial charge >= 0.3 is 5.97 Å². The maximum absolute atomic E-state index is 11.4. The lowest BCUT2D eigenvalue weighted by Crippen LogP contribution is -2.28. The summed E-state index contributed by atoms with van der Waals surface area (Å²) in [6.45, 7) is 5.38. The summed E-state index contributed by atoms with van der Waals surface area (Å²) < 4.78 is 10.2. The number of esters is 1. The van der Waals surface area contributed by atoms with Crippen LogP contribution in [0.25, 0.3) is 0 Å². The van der Waals surface area contributed by atoms with Gasteiger partial charge in [0, 0.05) is 0 Å². The first-order valence-electron chi connectivity index (χ1n) is 8.05. The molecule has 1 unspecified atom stereocenters. The van der Waals surface area contributed by atoms with Crippen LogP contribution in [0.3, 0.4) is 0 Å². The molecule has 2 rings (SSSR count). The summed E-state index contributed by atoms with van der Waals surface area (Å²) in [5.74, 6) is 2.34. The number of furan rings is 1. The van der Waals surface area contributed by atoms with E-state index in [9.17, 15) is 4.79 Å². The van der Waals surface area contributed by atoms with Crippen LogP contribution in [-0.2, 0) is 4.74 Å². The van der Waals surface area contributed by atoms with Crippen molar-refractivity contribution in [3.05, 3.63) is 23.7 Å². The van der Waals surface area contributed by atoms with Crippen molar-refractivity contribution in [3.63, 3.8) is 0 Å². The Morgan fingerprint density at radius 1 is 1.33 bits per heavy atom. The van der Waals surface area contributed by atoms with Gasteiger partial charge in [-0.2, -0.15) is 0 Å². The SMILES string of the molecule is CCC1CCC(CNC(C)c2ccc(C(=O)OC)o2)CC1. The normalized spacial score (nSPS) is 23.8. The van der Waals surface area contributed by atoms with Crippen molar-refractivity contribution in [2.75, 3.05) is 13.7 Å².